The Morgan fingerprint density at radius 1 is 1.28 bits per heavy atom. The first-order valence-electron chi connectivity index (χ1n) is 4.36. The highest BCUT2D eigenvalue weighted by molar-refractivity contribution is 7.88. The van der Waals surface area contributed by atoms with Crippen LogP contribution in [0.1, 0.15) is 10.4 Å². The summed E-state index contributed by atoms with van der Waals surface area (Å²) in [6, 6.07) is 3.33. The first-order valence-corrected chi connectivity index (χ1v) is 5.76. The summed E-state index contributed by atoms with van der Waals surface area (Å²) in [5.74, 6) is -1.10. The molecule has 0 radical (unpaired) electrons. The summed E-state index contributed by atoms with van der Waals surface area (Å²) in [5, 5.41) is 0. The van der Waals surface area contributed by atoms with Crippen LogP contribution in [0.4, 0.5) is 13.2 Å². The third-order valence-corrected chi connectivity index (χ3v) is 2.79. The number of para-hydroxylation sites is 1. The Balaban J connectivity index is 3.25. The molecule has 0 heterocycles. The van der Waals surface area contributed by atoms with Crippen molar-refractivity contribution < 1.29 is 35.3 Å². The fourth-order valence-corrected chi connectivity index (χ4v) is 1.54. The van der Waals surface area contributed by atoms with Gasteiger partial charge in [0, 0.05) is 0 Å². The standard InChI is InChI=1S/C9H7F3O5S/c1-16-8-6(5-13)3-2-4-7(8)17-18(14,15)9(10,11)12/h2-5H,1H3. The Bertz CT molecular complexity index is 550. The molecule has 9 heteroatoms. The van der Waals surface area contributed by atoms with Crippen molar-refractivity contribution >= 4 is 16.4 Å². The number of benzene rings is 1. The van der Waals surface area contributed by atoms with Gasteiger partial charge in [-0.2, -0.15) is 21.6 Å². The van der Waals surface area contributed by atoms with Gasteiger partial charge in [0.2, 0.25) is 0 Å². The first kappa shape index (κ1) is 14.3. The Kier molecular flexibility index (Phi) is 3.85. The van der Waals surface area contributed by atoms with E-state index in [1.54, 1.807) is 0 Å². The molecule has 18 heavy (non-hydrogen) atoms. The van der Waals surface area contributed by atoms with E-state index in [0.717, 1.165) is 19.2 Å². The van der Waals surface area contributed by atoms with Gasteiger partial charge in [-0.05, 0) is 12.1 Å². The molecule has 1 rings (SSSR count). The molecule has 5 nitrogen and oxygen atoms in total. The van der Waals surface area contributed by atoms with Crippen LogP contribution in [0.2, 0.25) is 0 Å². The highest BCUT2D eigenvalue weighted by Crippen LogP contribution is 2.34. The molecule has 0 amide bonds. The van der Waals surface area contributed by atoms with Crippen molar-refractivity contribution in [1.82, 2.24) is 0 Å². The van der Waals surface area contributed by atoms with Crippen molar-refractivity contribution in [2.24, 2.45) is 0 Å². The van der Waals surface area contributed by atoms with Crippen LogP contribution in [0, 0.1) is 0 Å². The molecular weight excluding hydrogens is 277 g/mol. The average molecular weight is 284 g/mol. The van der Waals surface area contributed by atoms with E-state index < -0.39 is 21.4 Å². The Hall–Kier alpha value is -1.77. The van der Waals surface area contributed by atoms with Gasteiger partial charge in [-0.3, -0.25) is 4.79 Å². The van der Waals surface area contributed by atoms with E-state index in [-0.39, 0.29) is 11.3 Å². The Morgan fingerprint density at radius 3 is 2.33 bits per heavy atom. The second-order valence-electron chi connectivity index (χ2n) is 2.98. The van der Waals surface area contributed by atoms with Crippen LogP contribution < -0.4 is 8.92 Å². The van der Waals surface area contributed by atoms with Crippen LogP contribution in [0.25, 0.3) is 0 Å². The van der Waals surface area contributed by atoms with Crippen molar-refractivity contribution in [3.8, 4) is 11.5 Å². The molecule has 0 bridgehead atoms. The van der Waals surface area contributed by atoms with Crippen LogP contribution in [0.15, 0.2) is 18.2 Å². The smallest absolute Gasteiger partial charge is 0.492 e. The summed E-state index contributed by atoms with van der Waals surface area (Å²) in [5.41, 5.74) is -5.69. The number of halogens is 3. The van der Waals surface area contributed by atoms with Crippen LogP contribution >= 0.6 is 0 Å². The monoisotopic (exact) mass is 284 g/mol. The summed E-state index contributed by atoms with van der Waals surface area (Å²) >= 11 is 0. The summed E-state index contributed by atoms with van der Waals surface area (Å²) in [4.78, 5) is 10.6. The van der Waals surface area contributed by atoms with Crippen LogP contribution in [-0.4, -0.2) is 27.3 Å². The average Bonchev–Trinajstić information content (AvgIpc) is 2.26. The van der Waals surface area contributed by atoms with Gasteiger partial charge in [-0.1, -0.05) is 6.07 Å². The minimum atomic E-state index is -5.80. The van der Waals surface area contributed by atoms with Gasteiger partial charge in [-0.25, -0.2) is 0 Å². The highest BCUT2D eigenvalue weighted by Gasteiger charge is 2.49. The summed E-state index contributed by atoms with van der Waals surface area (Å²) in [6.45, 7) is 0. The maximum Gasteiger partial charge on any atom is 0.534 e. The van der Waals surface area contributed by atoms with E-state index in [1.165, 1.54) is 6.07 Å². The molecule has 0 aromatic heterocycles. The van der Waals surface area contributed by atoms with Gasteiger partial charge in [0.25, 0.3) is 0 Å². The highest BCUT2D eigenvalue weighted by atomic mass is 32.2. The quantitative estimate of drug-likeness (QED) is 0.478. The third kappa shape index (κ3) is 2.73. The molecule has 0 spiro atoms. The van der Waals surface area contributed by atoms with Gasteiger partial charge in [0.05, 0.1) is 12.7 Å². The topological polar surface area (TPSA) is 69.7 Å². The zero-order chi connectivity index (χ0) is 14.0. The van der Waals surface area contributed by atoms with Gasteiger partial charge >= 0.3 is 15.6 Å². The van der Waals surface area contributed by atoms with Crippen molar-refractivity contribution in [2.45, 2.75) is 5.51 Å². The number of methoxy groups -OCH3 is 1. The van der Waals surface area contributed by atoms with E-state index in [9.17, 15) is 26.4 Å². The van der Waals surface area contributed by atoms with E-state index in [2.05, 4.69) is 8.92 Å². The molecule has 1 aromatic carbocycles. The van der Waals surface area contributed by atoms with E-state index in [1.807, 2.05) is 0 Å². The maximum atomic E-state index is 12.1. The molecule has 0 aliphatic rings. The molecule has 0 aliphatic heterocycles. The summed E-state index contributed by atoms with van der Waals surface area (Å²) in [6.07, 6.45) is 0.298. The lowest BCUT2D eigenvalue weighted by atomic mass is 10.2. The van der Waals surface area contributed by atoms with E-state index in [4.69, 9.17) is 0 Å². The fourth-order valence-electron chi connectivity index (χ4n) is 1.08. The molecule has 0 atom stereocenters. The van der Waals surface area contributed by atoms with E-state index in [0.29, 0.717) is 6.29 Å². The van der Waals surface area contributed by atoms with Crippen molar-refractivity contribution in [2.75, 3.05) is 7.11 Å². The number of carbonyl (C=O) groups is 1. The largest absolute Gasteiger partial charge is 0.534 e. The van der Waals surface area contributed by atoms with Gasteiger partial charge in [0.1, 0.15) is 0 Å². The van der Waals surface area contributed by atoms with Crippen molar-refractivity contribution in [1.29, 1.82) is 0 Å². The molecule has 0 aliphatic carbocycles. The molecule has 0 saturated carbocycles. The predicted molar refractivity (Wildman–Crippen MR) is 54.0 cm³/mol. The third-order valence-electron chi connectivity index (χ3n) is 1.82. The number of rotatable bonds is 4. The number of alkyl halides is 3. The summed E-state index contributed by atoms with van der Waals surface area (Å²) < 4.78 is 66.5. The molecule has 0 N–H and O–H groups in total. The summed E-state index contributed by atoms with van der Waals surface area (Å²) in [7, 11) is -4.74. The molecule has 0 saturated heterocycles. The van der Waals surface area contributed by atoms with Crippen LogP contribution in [0.5, 0.6) is 11.5 Å². The lowest BCUT2D eigenvalue weighted by Crippen LogP contribution is -2.28. The minimum Gasteiger partial charge on any atom is -0.492 e. The van der Waals surface area contributed by atoms with E-state index >= 15 is 0 Å². The number of carbonyl (C=O) groups excluding carboxylic acids is 1. The van der Waals surface area contributed by atoms with Crippen molar-refractivity contribution in [3.05, 3.63) is 23.8 Å². The Labute approximate surface area is 100 Å². The SMILES string of the molecule is COc1c(C=O)cccc1OS(=O)(=O)C(F)(F)F. The molecule has 100 valence electrons. The number of ether oxygens (including phenoxy) is 1. The number of hydrogen-bond donors (Lipinski definition) is 0. The molecule has 0 fully saturated rings. The number of hydrogen-bond acceptors (Lipinski definition) is 5. The normalized spacial score (nSPS) is 12.0. The van der Waals surface area contributed by atoms with Crippen LogP contribution in [0.3, 0.4) is 0 Å². The lowest BCUT2D eigenvalue weighted by Gasteiger charge is -2.13. The van der Waals surface area contributed by atoms with Crippen molar-refractivity contribution in [3.63, 3.8) is 0 Å². The van der Waals surface area contributed by atoms with Gasteiger partial charge < -0.3 is 8.92 Å². The molecular formula is C9H7F3O5S. The zero-order valence-electron chi connectivity index (χ0n) is 8.89. The Morgan fingerprint density at radius 2 is 1.89 bits per heavy atom. The second-order valence-corrected chi connectivity index (χ2v) is 4.52. The first-order chi connectivity index (χ1) is 8.23. The van der Waals surface area contributed by atoms with Gasteiger partial charge in [-0.15, -0.1) is 0 Å². The second kappa shape index (κ2) is 4.84. The molecule has 0 unspecified atom stereocenters. The predicted octanol–water partition coefficient (Wildman–Crippen LogP) is 1.74. The van der Waals surface area contributed by atoms with Gasteiger partial charge in [0.15, 0.2) is 17.8 Å². The lowest BCUT2D eigenvalue weighted by molar-refractivity contribution is -0.0500. The number of aldehydes is 1. The maximum absolute atomic E-state index is 12.1. The fraction of sp³-hybridized carbons (Fsp3) is 0.222. The van der Waals surface area contributed by atoms with Crippen LogP contribution in [-0.2, 0) is 10.1 Å². The zero-order valence-corrected chi connectivity index (χ0v) is 9.71. The minimum absolute atomic E-state index is 0.132. The molecule has 1 aromatic rings.